The molecular weight excluding hydrogens is 468 g/mol. The summed E-state index contributed by atoms with van der Waals surface area (Å²) in [4.78, 5) is 37.5. The molecule has 1 unspecified atom stereocenters. The van der Waals surface area contributed by atoms with Gasteiger partial charge in [-0.25, -0.2) is 4.79 Å². The van der Waals surface area contributed by atoms with E-state index in [1.807, 2.05) is 6.92 Å². The number of carbonyl (C=O) groups excluding carboxylic acids is 3. The molecule has 0 aromatic carbocycles. The number of allylic oxidation sites excluding steroid dienone is 1. The average Bonchev–Trinajstić information content (AvgIpc) is 3.48. The lowest BCUT2D eigenvalue weighted by molar-refractivity contribution is -0.381. The lowest BCUT2D eigenvalue weighted by Crippen LogP contribution is -2.78. The second-order valence-electron chi connectivity index (χ2n) is 11.7. The predicted molar refractivity (Wildman–Crippen MR) is 125 cm³/mol. The summed E-state index contributed by atoms with van der Waals surface area (Å²) in [7, 11) is 0. The Morgan fingerprint density at radius 3 is 2.56 bits per heavy atom. The van der Waals surface area contributed by atoms with Crippen LogP contribution < -0.4 is 0 Å². The molecule has 4 aliphatic heterocycles. The Bertz CT molecular complexity index is 970. The molecule has 2 saturated carbocycles. The minimum Gasteiger partial charge on any atom is -0.465 e. The van der Waals surface area contributed by atoms with Crippen LogP contribution in [-0.4, -0.2) is 66.4 Å². The van der Waals surface area contributed by atoms with Crippen LogP contribution in [0.3, 0.4) is 0 Å². The van der Waals surface area contributed by atoms with Gasteiger partial charge >= 0.3 is 17.9 Å². The fourth-order valence-corrected chi connectivity index (χ4v) is 7.75. The molecular formula is C27H38O9. The van der Waals surface area contributed by atoms with Gasteiger partial charge in [0.25, 0.3) is 0 Å². The Labute approximate surface area is 211 Å². The molecule has 6 aliphatic rings. The molecule has 9 heteroatoms. The van der Waals surface area contributed by atoms with E-state index in [0.717, 1.165) is 0 Å². The first-order valence-corrected chi connectivity index (χ1v) is 13.2. The van der Waals surface area contributed by atoms with Gasteiger partial charge in [0, 0.05) is 18.9 Å². The molecule has 6 rings (SSSR count). The van der Waals surface area contributed by atoms with Crippen molar-refractivity contribution < 1.29 is 43.2 Å². The highest BCUT2D eigenvalue weighted by Gasteiger charge is 2.83. The molecule has 10 atom stereocenters. The zero-order chi connectivity index (χ0) is 26.0. The summed E-state index contributed by atoms with van der Waals surface area (Å²) >= 11 is 0. The van der Waals surface area contributed by atoms with Crippen molar-refractivity contribution in [3.05, 3.63) is 11.6 Å². The third kappa shape index (κ3) is 3.56. The summed E-state index contributed by atoms with van der Waals surface area (Å²) in [5.74, 6) is -1.75. The number of esters is 3. The van der Waals surface area contributed by atoms with Crippen LogP contribution in [0.1, 0.15) is 66.7 Å². The third-order valence-corrected chi connectivity index (χ3v) is 10.1. The van der Waals surface area contributed by atoms with Gasteiger partial charge in [0.2, 0.25) is 6.29 Å². The van der Waals surface area contributed by atoms with Crippen LogP contribution >= 0.6 is 0 Å². The zero-order valence-corrected chi connectivity index (χ0v) is 21.8. The number of fused-ring (bicyclic) bond motifs is 1. The maximum absolute atomic E-state index is 13.0. The number of aliphatic hydroxyl groups is 1. The number of hydrogen-bond donors (Lipinski definition) is 1. The smallest absolute Gasteiger partial charge is 0.335 e. The van der Waals surface area contributed by atoms with E-state index in [4.69, 9.17) is 23.7 Å². The highest BCUT2D eigenvalue weighted by Crippen LogP contribution is 2.73. The molecule has 2 spiro atoms. The number of epoxide rings is 1. The first kappa shape index (κ1) is 25.7. The van der Waals surface area contributed by atoms with Gasteiger partial charge in [-0.15, -0.1) is 0 Å². The van der Waals surface area contributed by atoms with Crippen molar-refractivity contribution in [3.63, 3.8) is 0 Å². The summed E-state index contributed by atoms with van der Waals surface area (Å²) in [5, 5.41) is 11.8. The molecule has 6 fully saturated rings. The molecule has 2 aliphatic carbocycles. The molecule has 0 aromatic heterocycles. The van der Waals surface area contributed by atoms with Crippen molar-refractivity contribution in [1.29, 1.82) is 0 Å². The lowest BCUT2D eigenvalue weighted by Gasteiger charge is -2.69. The van der Waals surface area contributed by atoms with Crippen LogP contribution in [0.4, 0.5) is 0 Å². The highest BCUT2D eigenvalue weighted by atomic mass is 16.7. The number of hydrogen-bond acceptors (Lipinski definition) is 9. The topological polar surface area (TPSA) is 121 Å². The van der Waals surface area contributed by atoms with Gasteiger partial charge in [0.05, 0.1) is 31.3 Å². The fourth-order valence-electron chi connectivity index (χ4n) is 7.75. The molecule has 9 nitrogen and oxygen atoms in total. The molecule has 0 amide bonds. The van der Waals surface area contributed by atoms with Gasteiger partial charge < -0.3 is 28.8 Å². The largest absolute Gasteiger partial charge is 0.465 e. The van der Waals surface area contributed by atoms with Crippen LogP contribution in [0.25, 0.3) is 0 Å². The Kier molecular flexibility index (Phi) is 6.28. The summed E-state index contributed by atoms with van der Waals surface area (Å²) in [6.07, 6.45) is 1.70. The van der Waals surface area contributed by atoms with Crippen LogP contribution in [0, 0.1) is 28.6 Å². The molecule has 2 bridgehead atoms. The van der Waals surface area contributed by atoms with Crippen LogP contribution in [0.5, 0.6) is 0 Å². The van der Waals surface area contributed by atoms with E-state index >= 15 is 0 Å². The Morgan fingerprint density at radius 2 is 1.97 bits per heavy atom. The number of aliphatic hydroxyl groups excluding tert-OH is 1. The van der Waals surface area contributed by atoms with E-state index in [2.05, 4.69) is 6.92 Å². The maximum Gasteiger partial charge on any atom is 0.335 e. The van der Waals surface area contributed by atoms with Gasteiger partial charge in [0.15, 0.2) is 0 Å². The zero-order valence-electron chi connectivity index (χ0n) is 21.8. The molecule has 36 heavy (non-hydrogen) atoms. The van der Waals surface area contributed by atoms with E-state index in [0.29, 0.717) is 50.9 Å². The predicted octanol–water partition coefficient (Wildman–Crippen LogP) is 2.68. The van der Waals surface area contributed by atoms with Crippen LogP contribution in [0.15, 0.2) is 11.6 Å². The van der Waals surface area contributed by atoms with Gasteiger partial charge in [0.1, 0.15) is 17.1 Å². The second-order valence-corrected chi connectivity index (χ2v) is 11.7. The number of ether oxygens (including phenoxy) is 5. The SMILES string of the molecule is C/C=C(\C)C(=O)OC1O[C@@H]2C[C@@H]3[C@@](C)(CC[C@H]4CCOC4=O)[C@H](C)[C@@H](O)[C@H](OC(C)=O)[C@]13[C@@]1(CO1)C2. The Hall–Kier alpha value is -1.97. The molecule has 4 saturated heterocycles. The first-order valence-electron chi connectivity index (χ1n) is 13.2. The fraction of sp³-hybridized carbons (Fsp3) is 0.815. The van der Waals surface area contributed by atoms with Gasteiger partial charge in [-0.05, 0) is 56.8 Å². The summed E-state index contributed by atoms with van der Waals surface area (Å²) in [6, 6.07) is 0. The lowest BCUT2D eigenvalue weighted by atomic mass is 9.40. The standard InChI is InChI=1S/C27H38O9/c1-6-14(2)22(30)36-24-27-19(11-18(35-24)12-26(27)13-33-26)25(5,9-7-17-8-10-32-23(17)31)15(3)20(29)21(27)34-16(4)28/h6,15,17-21,24,29H,7-13H2,1-5H3/b14-6+/t15-,17+,18-,19-,20-,21+,24?,25+,26+,27+/m1/s1. The van der Waals surface area contributed by atoms with Crippen molar-refractivity contribution in [2.24, 2.45) is 28.6 Å². The highest BCUT2D eigenvalue weighted by molar-refractivity contribution is 5.87. The van der Waals surface area contributed by atoms with E-state index < -0.39 is 46.9 Å². The van der Waals surface area contributed by atoms with Crippen molar-refractivity contribution in [1.82, 2.24) is 0 Å². The van der Waals surface area contributed by atoms with Gasteiger partial charge in [-0.1, -0.05) is 19.9 Å². The minimum absolute atomic E-state index is 0.135. The van der Waals surface area contributed by atoms with Crippen molar-refractivity contribution in [2.75, 3.05) is 13.2 Å². The minimum atomic E-state index is -1.08. The van der Waals surface area contributed by atoms with Crippen molar-refractivity contribution in [3.8, 4) is 0 Å². The van der Waals surface area contributed by atoms with Gasteiger partial charge in [-0.3, -0.25) is 9.59 Å². The first-order chi connectivity index (χ1) is 17.0. The number of carbonyl (C=O) groups is 3. The van der Waals surface area contributed by atoms with Crippen LogP contribution in [0.2, 0.25) is 0 Å². The molecule has 0 aromatic rings. The van der Waals surface area contributed by atoms with Gasteiger partial charge in [-0.2, -0.15) is 0 Å². The molecule has 1 N–H and O–H groups in total. The summed E-state index contributed by atoms with van der Waals surface area (Å²) < 4.78 is 29.6. The van der Waals surface area contributed by atoms with E-state index in [-0.39, 0.29) is 29.8 Å². The third-order valence-electron chi connectivity index (χ3n) is 10.1. The second kappa shape index (κ2) is 8.81. The number of cyclic esters (lactones) is 1. The Morgan fingerprint density at radius 1 is 1.25 bits per heavy atom. The Balaban J connectivity index is 1.59. The molecule has 0 radical (unpaired) electrons. The maximum atomic E-state index is 13.0. The van der Waals surface area contributed by atoms with E-state index in [1.54, 1.807) is 19.9 Å². The molecule has 200 valence electrons. The number of rotatable bonds is 6. The van der Waals surface area contributed by atoms with Crippen molar-refractivity contribution in [2.45, 2.75) is 96.9 Å². The summed E-state index contributed by atoms with van der Waals surface area (Å²) in [6.45, 7) is 9.74. The molecule has 4 heterocycles. The van der Waals surface area contributed by atoms with E-state index in [9.17, 15) is 19.5 Å². The normalized spacial score (nSPS) is 47.3. The average molecular weight is 507 g/mol. The van der Waals surface area contributed by atoms with Crippen molar-refractivity contribution >= 4 is 17.9 Å². The monoisotopic (exact) mass is 506 g/mol. The summed E-state index contributed by atoms with van der Waals surface area (Å²) in [5.41, 5.74) is -1.81. The van der Waals surface area contributed by atoms with Crippen LogP contribution in [-0.2, 0) is 38.1 Å². The quantitative estimate of drug-likeness (QED) is 0.251. The van der Waals surface area contributed by atoms with E-state index in [1.165, 1.54) is 6.92 Å².